The van der Waals surface area contributed by atoms with Gasteiger partial charge in [0, 0.05) is 33.2 Å². The van der Waals surface area contributed by atoms with Crippen molar-refractivity contribution in [3.63, 3.8) is 0 Å². The first-order valence-corrected chi connectivity index (χ1v) is 13.3. The van der Waals surface area contributed by atoms with Crippen LogP contribution in [0.5, 0.6) is 0 Å². The Balaban J connectivity index is 1.99. The monoisotopic (exact) mass is 540 g/mol. The lowest BCUT2D eigenvalue weighted by atomic mass is 9.62. The maximum atomic E-state index is 14.1. The lowest BCUT2D eigenvalue weighted by Crippen LogP contribution is -2.70. The Morgan fingerprint density at radius 1 is 1.08 bits per heavy atom. The maximum absolute atomic E-state index is 14.1. The van der Waals surface area contributed by atoms with Crippen molar-refractivity contribution in [1.82, 2.24) is 9.21 Å². The third-order valence-corrected chi connectivity index (χ3v) is 8.43. The summed E-state index contributed by atoms with van der Waals surface area (Å²) in [7, 11) is -2.12. The Morgan fingerprint density at radius 3 is 2.11 bits per heavy atom. The van der Waals surface area contributed by atoms with Crippen LogP contribution in [-0.2, 0) is 10.0 Å². The van der Waals surface area contributed by atoms with Gasteiger partial charge in [0.25, 0.3) is 5.60 Å². The molecule has 1 aliphatic carbocycles. The first-order chi connectivity index (χ1) is 16.4. The molecule has 1 N–H and O–H groups in total. The fraction of sp³-hybridized carbons (Fsp3) is 0.583. The summed E-state index contributed by atoms with van der Waals surface area (Å²) in [4.78, 5) is 1.41. The van der Waals surface area contributed by atoms with Gasteiger partial charge in [-0.1, -0.05) is 55.0 Å². The van der Waals surface area contributed by atoms with Crippen LogP contribution >= 0.6 is 0 Å². The SMILES string of the molecule is CCC1=C(c2ccccc2)C=CC(CN2CC(CN(C)S(C)(=O)=O)C2)(C(O)(C(F)(F)F)C(F)(F)F)C1. The number of sulfonamides is 1. The van der Waals surface area contributed by atoms with Crippen molar-refractivity contribution in [3.05, 3.63) is 53.6 Å². The lowest BCUT2D eigenvalue weighted by molar-refractivity contribution is -0.399. The number of allylic oxidation sites excluding steroid dienone is 3. The molecule has 1 aromatic rings. The van der Waals surface area contributed by atoms with Gasteiger partial charge in [-0.15, -0.1) is 0 Å². The van der Waals surface area contributed by atoms with Crippen LogP contribution in [0.25, 0.3) is 5.57 Å². The number of hydrogen-bond acceptors (Lipinski definition) is 4. The van der Waals surface area contributed by atoms with Gasteiger partial charge in [-0.2, -0.15) is 26.3 Å². The highest BCUT2D eigenvalue weighted by Crippen LogP contribution is 2.58. The molecule has 2 aliphatic rings. The molecule has 0 saturated carbocycles. The average Bonchev–Trinajstić information content (AvgIpc) is 2.75. The average molecular weight is 541 g/mol. The molecule has 1 aromatic carbocycles. The standard InChI is InChI=1S/C24H30F6N2O3S/c1-4-18-12-21(22(33,23(25,26)27)24(28,29)30,11-10-20(18)19-8-6-5-7-9-19)16-32-14-17(15-32)13-31(2)36(3,34)35/h5-11,17,33H,4,12-16H2,1-3H3. The molecule has 1 unspecified atom stereocenters. The molecule has 0 amide bonds. The summed E-state index contributed by atoms with van der Waals surface area (Å²) in [6.07, 6.45) is -9.27. The zero-order valence-electron chi connectivity index (χ0n) is 20.2. The van der Waals surface area contributed by atoms with Gasteiger partial charge in [0.05, 0.1) is 11.7 Å². The second kappa shape index (κ2) is 9.77. The predicted octanol–water partition coefficient (Wildman–Crippen LogP) is 4.48. The van der Waals surface area contributed by atoms with Gasteiger partial charge < -0.3 is 10.0 Å². The Hall–Kier alpha value is -1.89. The molecular weight excluding hydrogens is 510 g/mol. The molecule has 0 radical (unpaired) electrons. The van der Waals surface area contributed by atoms with Crippen LogP contribution in [0.1, 0.15) is 25.3 Å². The molecule has 0 bridgehead atoms. The molecular formula is C24H30F6N2O3S. The molecule has 1 saturated heterocycles. The van der Waals surface area contributed by atoms with E-state index in [1.165, 1.54) is 18.0 Å². The molecule has 36 heavy (non-hydrogen) atoms. The normalized spacial score (nSPS) is 22.9. The van der Waals surface area contributed by atoms with Crippen LogP contribution in [-0.4, -0.2) is 80.2 Å². The highest BCUT2D eigenvalue weighted by atomic mass is 32.2. The van der Waals surface area contributed by atoms with Crippen LogP contribution in [0.3, 0.4) is 0 Å². The summed E-state index contributed by atoms with van der Waals surface area (Å²) in [6.45, 7) is 1.28. The quantitative estimate of drug-likeness (QED) is 0.495. The highest BCUT2D eigenvalue weighted by molar-refractivity contribution is 7.88. The highest BCUT2D eigenvalue weighted by Gasteiger charge is 2.79. The summed E-state index contributed by atoms with van der Waals surface area (Å²) in [5, 5.41) is 10.6. The van der Waals surface area contributed by atoms with Crippen molar-refractivity contribution < 1.29 is 39.9 Å². The largest absolute Gasteiger partial charge is 0.427 e. The summed E-state index contributed by atoms with van der Waals surface area (Å²) in [6, 6.07) is 8.64. The number of benzene rings is 1. The van der Waals surface area contributed by atoms with Crippen molar-refractivity contribution in [1.29, 1.82) is 0 Å². The minimum atomic E-state index is -5.99. The van der Waals surface area contributed by atoms with Crippen LogP contribution in [0.15, 0.2) is 48.1 Å². The van der Waals surface area contributed by atoms with Crippen molar-refractivity contribution >= 4 is 15.6 Å². The second-order valence-corrected chi connectivity index (χ2v) is 11.8. The van der Waals surface area contributed by atoms with Gasteiger partial charge in [0.2, 0.25) is 10.0 Å². The first-order valence-electron chi connectivity index (χ1n) is 11.4. The molecule has 0 aromatic heterocycles. The topological polar surface area (TPSA) is 60.9 Å². The van der Waals surface area contributed by atoms with E-state index in [1.807, 2.05) is 0 Å². The van der Waals surface area contributed by atoms with Crippen molar-refractivity contribution in [2.45, 2.75) is 37.7 Å². The fourth-order valence-electron chi connectivity index (χ4n) is 5.15. The lowest BCUT2D eigenvalue weighted by Gasteiger charge is -2.53. The first kappa shape index (κ1) is 28.7. The summed E-state index contributed by atoms with van der Waals surface area (Å²) in [5.74, 6) is -0.250. The van der Waals surface area contributed by atoms with Gasteiger partial charge in [-0.3, -0.25) is 0 Å². The number of rotatable bonds is 8. The number of likely N-dealkylation sites (tertiary alicyclic amines) is 1. The van der Waals surface area contributed by atoms with E-state index in [4.69, 9.17) is 0 Å². The molecule has 202 valence electrons. The molecule has 1 atom stereocenters. The van der Waals surface area contributed by atoms with Gasteiger partial charge in [-0.05, 0) is 29.9 Å². The molecule has 3 rings (SSSR count). The minimum absolute atomic E-state index is 0.0965. The zero-order chi connectivity index (χ0) is 27.2. The van der Waals surface area contributed by atoms with E-state index in [2.05, 4.69) is 0 Å². The predicted molar refractivity (Wildman–Crippen MR) is 124 cm³/mol. The molecule has 0 spiro atoms. The minimum Gasteiger partial charge on any atom is -0.373 e. The van der Waals surface area contributed by atoms with E-state index in [9.17, 15) is 39.9 Å². The summed E-state index contributed by atoms with van der Waals surface area (Å²) in [5.41, 5.74) is -6.13. The number of hydrogen-bond donors (Lipinski definition) is 1. The Kier molecular flexibility index (Phi) is 7.78. The van der Waals surface area contributed by atoms with E-state index in [1.54, 1.807) is 37.3 Å². The molecule has 1 fully saturated rings. The van der Waals surface area contributed by atoms with Crippen molar-refractivity contribution in [2.75, 3.05) is 39.5 Å². The molecule has 1 aliphatic heterocycles. The van der Waals surface area contributed by atoms with E-state index in [0.29, 0.717) is 16.7 Å². The molecule has 1 heterocycles. The number of nitrogens with zero attached hydrogens (tertiary/aromatic N) is 2. The summed E-state index contributed by atoms with van der Waals surface area (Å²) >= 11 is 0. The third kappa shape index (κ3) is 5.23. The van der Waals surface area contributed by atoms with Crippen LogP contribution in [0.2, 0.25) is 0 Å². The van der Waals surface area contributed by atoms with E-state index >= 15 is 0 Å². The van der Waals surface area contributed by atoms with Gasteiger partial charge in [0.15, 0.2) is 0 Å². The van der Waals surface area contributed by atoms with E-state index < -0.39 is 46.4 Å². The fourth-order valence-corrected chi connectivity index (χ4v) is 5.63. The van der Waals surface area contributed by atoms with Crippen molar-refractivity contribution in [2.24, 2.45) is 11.3 Å². The number of aliphatic hydroxyl groups is 1. The van der Waals surface area contributed by atoms with Crippen molar-refractivity contribution in [3.8, 4) is 0 Å². The van der Waals surface area contributed by atoms with Crippen LogP contribution in [0.4, 0.5) is 26.3 Å². The van der Waals surface area contributed by atoms with E-state index in [-0.39, 0.29) is 32.0 Å². The van der Waals surface area contributed by atoms with Crippen LogP contribution < -0.4 is 0 Å². The van der Waals surface area contributed by atoms with Gasteiger partial charge in [-0.25, -0.2) is 12.7 Å². The Morgan fingerprint density at radius 2 is 1.64 bits per heavy atom. The maximum Gasteiger partial charge on any atom is 0.427 e. The second-order valence-electron chi connectivity index (χ2n) is 9.71. The van der Waals surface area contributed by atoms with Gasteiger partial charge in [0.1, 0.15) is 0 Å². The van der Waals surface area contributed by atoms with Crippen LogP contribution in [0, 0.1) is 11.3 Å². The smallest absolute Gasteiger partial charge is 0.373 e. The Bertz CT molecular complexity index is 1090. The number of halogens is 6. The van der Waals surface area contributed by atoms with Gasteiger partial charge >= 0.3 is 12.4 Å². The van der Waals surface area contributed by atoms with E-state index in [0.717, 1.165) is 16.6 Å². The Labute approximate surface area is 207 Å². The molecule has 12 heteroatoms. The summed E-state index contributed by atoms with van der Waals surface area (Å²) < 4.78 is 109. The number of alkyl halides is 6. The third-order valence-electron chi connectivity index (χ3n) is 7.15. The zero-order valence-corrected chi connectivity index (χ0v) is 21.0. The molecule has 5 nitrogen and oxygen atoms in total.